The molecule has 1 fully saturated rings. The van der Waals surface area contributed by atoms with E-state index in [2.05, 4.69) is 24.5 Å². The first-order valence-electron chi connectivity index (χ1n) is 8.62. The van der Waals surface area contributed by atoms with Gasteiger partial charge in [-0.2, -0.15) is 4.31 Å². The van der Waals surface area contributed by atoms with E-state index in [-0.39, 0.29) is 42.4 Å². The molecule has 1 aromatic carbocycles. The average molecular weight is 382 g/mol. The molecule has 0 aliphatic carbocycles. The summed E-state index contributed by atoms with van der Waals surface area (Å²) in [6.07, 6.45) is 0.770. The normalized spacial score (nSPS) is 17.0. The van der Waals surface area contributed by atoms with Gasteiger partial charge in [-0.3, -0.25) is 9.59 Å². The molecule has 0 spiro atoms. The molecule has 1 saturated heterocycles. The van der Waals surface area contributed by atoms with Gasteiger partial charge in [0.05, 0.1) is 11.4 Å². The number of nitrogens with two attached hydrogens (primary N) is 1. The van der Waals surface area contributed by atoms with Crippen LogP contribution >= 0.6 is 0 Å². The number of carbonyl (C=O) groups excluding carboxylic acids is 2. The Balaban J connectivity index is 2.09. The second-order valence-electron chi connectivity index (χ2n) is 6.75. The van der Waals surface area contributed by atoms with Gasteiger partial charge >= 0.3 is 0 Å². The summed E-state index contributed by atoms with van der Waals surface area (Å²) in [6.45, 7) is 4.76. The zero-order valence-corrected chi connectivity index (χ0v) is 15.9. The Morgan fingerprint density at radius 1 is 1.31 bits per heavy atom. The molecule has 1 aromatic rings. The summed E-state index contributed by atoms with van der Waals surface area (Å²) in [7, 11) is -3.76. The average Bonchev–Trinajstić information content (AvgIpc) is 2.60. The highest BCUT2D eigenvalue weighted by Gasteiger charge is 2.29. The van der Waals surface area contributed by atoms with E-state index in [0.717, 1.165) is 10.7 Å². The smallest absolute Gasteiger partial charge is 0.251 e. The predicted molar refractivity (Wildman–Crippen MR) is 98.0 cm³/mol. The maximum atomic E-state index is 12.6. The molecular formula is C17H26N4O4S. The number of nitrogens with one attached hydrogen (secondary N) is 2. The Kier molecular flexibility index (Phi) is 6.74. The number of benzene rings is 1. The Morgan fingerprint density at radius 2 is 1.96 bits per heavy atom. The Morgan fingerprint density at radius 3 is 2.50 bits per heavy atom. The molecular weight excluding hydrogens is 356 g/mol. The molecule has 1 atom stereocenters. The van der Waals surface area contributed by atoms with E-state index in [9.17, 15) is 18.0 Å². The molecule has 26 heavy (non-hydrogen) atoms. The van der Waals surface area contributed by atoms with Crippen LogP contribution in [0.2, 0.25) is 0 Å². The van der Waals surface area contributed by atoms with Gasteiger partial charge in [-0.25, -0.2) is 8.42 Å². The largest absolute Gasteiger partial charge is 0.354 e. The van der Waals surface area contributed by atoms with Gasteiger partial charge in [0.25, 0.3) is 5.91 Å². The van der Waals surface area contributed by atoms with Crippen LogP contribution in [0.3, 0.4) is 0 Å². The van der Waals surface area contributed by atoms with Crippen molar-refractivity contribution >= 4 is 21.8 Å². The van der Waals surface area contributed by atoms with Gasteiger partial charge in [-0.1, -0.05) is 13.8 Å². The van der Waals surface area contributed by atoms with Gasteiger partial charge in [-0.05, 0) is 36.6 Å². The first-order valence-corrected chi connectivity index (χ1v) is 10.1. The Bertz CT molecular complexity index is 747. The summed E-state index contributed by atoms with van der Waals surface area (Å²) >= 11 is 0. The molecule has 1 aliphatic rings. The van der Waals surface area contributed by atoms with Crippen LogP contribution in [0.5, 0.6) is 0 Å². The van der Waals surface area contributed by atoms with Crippen LogP contribution in [0.1, 0.15) is 30.6 Å². The number of sulfonamides is 1. The fraction of sp³-hybridized carbons (Fsp3) is 0.529. The monoisotopic (exact) mass is 382 g/mol. The molecule has 0 bridgehead atoms. The van der Waals surface area contributed by atoms with Crippen LogP contribution in [0, 0.1) is 5.92 Å². The molecule has 2 amide bonds. The van der Waals surface area contributed by atoms with Crippen molar-refractivity contribution in [3.05, 3.63) is 29.8 Å². The van der Waals surface area contributed by atoms with Crippen molar-refractivity contribution in [2.75, 3.05) is 26.2 Å². The van der Waals surface area contributed by atoms with Crippen molar-refractivity contribution in [2.24, 2.45) is 11.7 Å². The molecule has 2 rings (SSSR count). The van der Waals surface area contributed by atoms with E-state index in [1.165, 1.54) is 24.3 Å². The fourth-order valence-corrected chi connectivity index (χ4v) is 4.20. The molecule has 0 aromatic heterocycles. The highest BCUT2D eigenvalue weighted by Crippen LogP contribution is 2.17. The van der Waals surface area contributed by atoms with E-state index >= 15 is 0 Å². The topological polar surface area (TPSA) is 122 Å². The van der Waals surface area contributed by atoms with Crippen LogP contribution in [-0.4, -0.2) is 56.8 Å². The SMILES string of the molecule is CC(C)CC(CN)NC(=O)c1ccc(S(=O)(=O)N2CCNC(=O)C2)cc1. The summed E-state index contributed by atoms with van der Waals surface area (Å²) < 4.78 is 26.3. The van der Waals surface area contributed by atoms with E-state index < -0.39 is 10.0 Å². The molecule has 9 heteroatoms. The number of hydrogen-bond donors (Lipinski definition) is 3. The van der Waals surface area contributed by atoms with Gasteiger partial charge in [0.15, 0.2) is 0 Å². The number of nitrogens with zero attached hydrogens (tertiary/aromatic N) is 1. The third-order valence-corrected chi connectivity index (χ3v) is 5.99. The number of rotatable bonds is 7. The van der Waals surface area contributed by atoms with Crippen LogP contribution in [0.25, 0.3) is 0 Å². The zero-order chi connectivity index (χ0) is 19.3. The van der Waals surface area contributed by atoms with Crippen LogP contribution in [0.4, 0.5) is 0 Å². The predicted octanol–water partition coefficient (Wildman–Crippen LogP) is -0.0897. The van der Waals surface area contributed by atoms with Crippen LogP contribution in [-0.2, 0) is 14.8 Å². The molecule has 1 unspecified atom stereocenters. The van der Waals surface area contributed by atoms with Crippen molar-refractivity contribution in [1.29, 1.82) is 0 Å². The van der Waals surface area contributed by atoms with E-state index in [0.29, 0.717) is 18.0 Å². The van der Waals surface area contributed by atoms with Crippen molar-refractivity contribution in [2.45, 2.75) is 31.2 Å². The lowest BCUT2D eigenvalue weighted by Crippen LogP contribution is -2.49. The maximum Gasteiger partial charge on any atom is 0.251 e. The molecule has 8 nitrogen and oxygen atoms in total. The van der Waals surface area contributed by atoms with E-state index in [1.807, 2.05) is 0 Å². The quantitative estimate of drug-likeness (QED) is 0.608. The number of carbonyl (C=O) groups is 2. The fourth-order valence-electron chi connectivity index (χ4n) is 2.80. The Labute approximate surface area is 154 Å². The second kappa shape index (κ2) is 8.61. The number of hydrogen-bond acceptors (Lipinski definition) is 5. The Hall–Kier alpha value is -1.97. The van der Waals surface area contributed by atoms with Gasteiger partial charge in [0, 0.05) is 31.2 Å². The molecule has 0 radical (unpaired) electrons. The van der Waals surface area contributed by atoms with Crippen molar-refractivity contribution in [3.63, 3.8) is 0 Å². The summed E-state index contributed by atoms with van der Waals surface area (Å²) in [6, 6.07) is 5.58. The highest BCUT2D eigenvalue weighted by atomic mass is 32.2. The van der Waals surface area contributed by atoms with Gasteiger partial charge in [-0.15, -0.1) is 0 Å². The summed E-state index contributed by atoms with van der Waals surface area (Å²) in [5, 5.41) is 5.45. The van der Waals surface area contributed by atoms with Crippen LogP contribution in [0.15, 0.2) is 29.2 Å². The molecule has 1 heterocycles. The summed E-state index contributed by atoms with van der Waals surface area (Å²) in [5.41, 5.74) is 6.05. The minimum Gasteiger partial charge on any atom is -0.354 e. The van der Waals surface area contributed by atoms with Crippen LogP contribution < -0.4 is 16.4 Å². The third-order valence-electron chi connectivity index (χ3n) is 4.13. The second-order valence-corrected chi connectivity index (χ2v) is 8.69. The number of piperazine rings is 1. The molecule has 144 valence electrons. The van der Waals surface area contributed by atoms with Crippen molar-refractivity contribution in [1.82, 2.24) is 14.9 Å². The van der Waals surface area contributed by atoms with Gasteiger partial charge in [0.2, 0.25) is 15.9 Å². The lowest BCUT2D eigenvalue weighted by atomic mass is 10.0. The molecule has 1 aliphatic heterocycles. The highest BCUT2D eigenvalue weighted by molar-refractivity contribution is 7.89. The summed E-state index contributed by atoms with van der Waals surface area (Å²) in [5.74, 6) is -0.214. The van der Waals surface area contributed by atoms with Crippen molar-refractivity contribution < 1.29 is 18.0 Å². The lowest BCUT2D eigenvalue weighted by Gasteiger charge is -2.26. The first kappa shape index (κ1) is 20.3. The van der Waals surface area contributed by atoms with E-state index in [1.54, 1.807) is 0 Å². The first-order chi connectivity index (χ1) is 12.2. The summed E-state index contributed by atoms with van der Waals surface area (Å²) in [4.78, 5) is 23.8. The molecule has 4 N–H and O–H groups in total. The third kappa shape index (κ3) is 5.03. The number of amides is 2. The van der Waals surface area contributed by atoms with Crippen molar-refractivity contribution in [3.8, 4) is 0 Å². The lowest BCUT2D eigenvalue weighted by molar-refractivity contribution is -0.122. The minimum absolute atomic E-state index is 0.0568. The zero-order valence-electron chi connectivity index (χ0n) is 15.1. The van der Waals surface area contributed by atoms with Gasteiger partial charge < -0.3 is 16.4 Å². The standard InChI is InChI=1S/C17H26N4O4S/c1-12(2)9-14(10-18)20-17(23)13-3-5-15(6-4-13)26(24,25)21-8-7-19-16(22)11-21/h3-6,12,14H,7-11,18H2,1-2H3,(H,19,22)(H,20,23). The minimum atomic E-state index is -3.76. The van der Waals surface area contributed by atoms with Gasteiger partial charge in [0.1, 0.15) is 0 Å². The maximum absolute atomic E-state index is 12.6. The molecule has 0 saturated carbocycles. The van der Waals surface area contributed by atoms with E-state index in [4.69, 9.17) is 5.73 Å².